The fourth-order valence-corrected chi connectivity index (χ4v) is 6.26. The summed E-state index contributed by atoms with van der Waals surface area (Å²) in [6.07, 6.45) is -20.1. The van der Waals surface area contributed by atoms with Crippen LogP contribution in [-0.2, 0) is 33.2 Å². The third-order valence-electron chi connectivity index (χ3n) is 8.90. The Morgan fingerprint density at radius 3 is 2.07 bits per heavy atom. The third-order valence-corrected chi connectivity index (χ3v) is 8.90. The van der Waals surface area contributed by atoms with Crippen molar-refractivity contribution in [3.8, 4) is 0 Å². The monoisotopic (exact) mass is 784 g/mol. The van der Waals surface area contributed by atoms with Gasteiger partial charge in [0.2, 0.25) is 0 Å². The van der Waals surface area contributed by atoms with Crippen molar-refractivity contribution in [2.24, 2.45) is 11.5 Å². The van der Waals surface area contributed by atoms with E-state index in [0.29, 0.717) is 0 Å². The summed E-state index contributed by atoms with van der Waals surface area (Å²) in [5.74, 6) is -0.931. The van der Waals surface area contributed by atoms with Gasteiger partial charge in [0.15, 0.2) is 12.6 Å². The summed E-state index contributed by atoms with van der Waals surface area (Å²) in [4.78, 5) is 38.6. The van der Waals surface area contributed by atoms with Crippen LogP contribution in [0.2, 0.25) is 0 Å². The molecule has 3 aliphatic rings. The summed E-state index contributed by atoms with van der Waals surface area (Å²) in [5.41, 5.74) is 13.1. The zero-order valence-electron chi connectivity index (χ0n) is 31.8. The van der Waals surface area contributed by atoms with Gasteiger partial charge in [-0.15, -0.1) is 0 Å². The van der Waals surface area contributed by atoms with Crippen LogP contribution in [0.4, 0.5) is 9.59 Å². The van der Waals surface area contributed by atoms with Gasteiger partial charge in [0, 0.05) is 26.2 Å². The molecule has 2 aliphatic heterocycles. The number of nitrogens with two attached hydrogens (primary N) is 2. The van der Waals surface area contributed by atoms with E-state index in [1.165, 1.54) is 14.0 Å². The van der Waals surface area contributed by atoms with E-state index < -0.39 is 134 Å². The fourth-order valence-electron chi connectivity index (χ4n) is 6.26. The van der Waals surface area contributed by atoms with E-state index in [0.717, 1.165) is 4.90 Å². The Morgan fingerprint density at radius 1 is 0.907 bits per heavy atom. The number of carbonyl (C=O) groups is 3. The van der Waals surface area contributed by atoms with Crippen LogP contribution in [0.15, 0.2) is 0 Å². The Kier molecular flexibility index (Phi) is 15.4. The van der Waals surface area contributed by atoms with E-state index in [9.17, 15) is 50.1 Å². The van der Waals surface area contributed by atoms with Crippen LogP contribution >= 0.6 is 0 Å². The highest BCUT2D eigenvalue weighted by atomic mass is 16.7. The van der Waals surface area contributed by atoms with Crippen molar-refractivity contribution in [2.75, 3.05) is 26.7 Å². The number of hydrazine groups is 1. The van der Waals surface area contributed by atoms with Gasteiger partial charge < -0.3 is 85.9 Å². The number of aliphatic hydroxyl groups excluding tert-OH is 6. The van der Waals surface area contributed by atoms with Crippen LogP contribution in [-0.4, -0.2) is 188 Å². The summed E-state index contributed by atoms with van der Waals surface area (Å²) in [7, 11) is 1.30. The van der Waals surface area contributed by atoms with Crippen LogP contribution in [0, 0.1) is 0 Å². The second kappa shape index (κ2) is 18.1. The van der Waals surface area contributed by atoms with Gasteiger partial charge in [0.1, 0.15) is 71.7 Å². The van der Waals surface area contributed by atoms with E-state index in [-0.39, 0.29) is 13.0 Å². The van der Waals surface area contributed by atoms with Gasteiger partial charge in [-0.3, -0.25) is 10.2 Å². The molecular formula is C32H60N6O16. The average Bonchev–Trinajstić information content (AvgIpc) is 3.05. The Hall–Kier alpha value is -2.55. The molecule has 1 aliphatic carbocycles. The second-order valence-corrected chi connectivity index (χ2v) is 16.0. The van der Waals surface area contributed by atoms with Gasteiger partial charge in [0.05, 0.1) is 18.7 Å². The number of amides is 3. The quantitative estimate of drug-likeness (QED) is 0.0875. The molecule has 3 rings (SSSR count). The number of likely N-dealkylation sites (N-methyl/N-ethyl adjacent to an activating group) is 1. The van der Waals surface area contributed by atoms with Gasteiger partial charge in [0.25, 0.3) is 5.91 Å². The molecule has 0 radical (unpaired) electrons. The Labute approximate surface area is 313 Å². The second-order valence-electron chi connectivity index (χ2n) is 16.0. The lowest BCUT2D eigenvalue weighted by molar-refractivity contribution is -0.333. The third kappa shape index (κ3) is 11.7. The van der Waals surface area contributed by atoms with Crippen molar-refractivity contribution in [1.82, 2.24) is 21.1 Å². The number of hydrogen-bond acceptors (Lipinski definition) is 19. The predicted molar refractivity (Wildman–Crippen MR) is 184 cm³/mol. The van der Waals surface area contributed by atoms with Crippen molar-refractivity contribution in [3.05, 3.63) is 0 Å². The largest absolute Gasteiger partial charge is 0.444 e. The molecule has 15 atom stereocenters. The van der Waals surface area contributed by atoms with Crippen molar-refractivity contribution in [2.45, 2.75) is 157 Å². The molecule has 22 nitrogen and oxygen atoms in total. The van der Waals surface area contributed by atoms with Gasteiger partial charge in [-0.25, -0.2) is 15.0 Å². The van der Waals surface area contributed by atoms with Crippen LogP contribution in [0.5, 0.6) is 0 Å². The lowest BCUT2D eigenvalue weighted by Gasteiger charge is -2.50. The van der Waals surface area contributed by atoms with E-state index >= 15 is 0 Å². The van der Waals surface area contributed by atoms with Crippen molar-refractivity contribution >= 4 is 18.1 Å². The molecular weight excluding hydrogens is 724 g/mol. The van der Waals surface area contributed by atoms with Crippen molar-refractivity contribution in [1.29, 1.82) is 0 Å². The van der Waals surface area contributed by atoms with Crippen LogP contribution in [0.1, 0.15) is 54.9 Å². The van der Waals surface area contributed by atoms with Crippen LogP contribution in [0.3, 0.4) is 0 Å². The highest BCUT2D eigenvalue weighted by Gasteiger charge is 2.55. The normalized spacial score (nSPS) is 38.2. The maximum absolute atomic E-state index is 13.0. The predicted octanol–water partition coefficient (Wildman–Crippen LogP) is -4.81. The molecule has 1 saturated carbocycles. The van der Waals surface area contributed by atoms with Gasteiger partial charge in [-0.05, 0) is 54.9 Å². The number of carbonyl (C=O) groups excluding carboxylic acids is 3. The SMILES string of the molecule is CN(C(=O)OC(C)(C)C)[C@@H]1[C@@H](O)[C@@H](O[C@@H]2[C@@H](O)[C@H](O[C@H]3O[C@H](CNC(=O)OC(C)(C)C)[C@@H](O)[C@H](O)[C@H]3O)[C@@H](N)C[C@H]2NNC(=O)[C@@H](O)CN)OC[C@]1(C)O. The average molecular weight is 785 g/mol. The van der Waals surface area contributed by atoms with Gasteiger partial charge in [-0.1, -0.05) is 0 Å². The van der Waals surface area contributed by atoms with E-state index in [1.807, 2.05) is 0 Å². The van der Waals surface area contributed by atoms with Gasteiger partial charge >= 0.3 is 12.2 Å². The minimum Gasteiger partial charge on any atom is -0.444 e. The summed E-state index contributed by atoms with van der Waals surface area (Å²) < 4.78 is 34.0. The van der Waals surface area contributed by atoms with Crippen LogP contribution < -0.4 is 27.6 Å². The number of ether oxygens (including phenoxy) is 6. The number of nitrogens with one attached hydrogen (secondary N) is 3. The molecule has 0 aromatic rings. The maximum Gasteiger partial charge on any atom is 0.410 e. The molecule has 22 heteroatoms. The molecule has 54 heavy (non-hydrogen) atoms. The molecule has 0 bridgehead atoms. The van der Waals surface area contributed by atoms with Crippen LogP contribution in [0.25, 0.3) is 0 Å². The summed E-state index contributed by atoms with van der Waals surface area (Å²) in [6.45, 7) is 9.89. The molecule has 0 unspecified atom stereocenters. The zero-order chi connectivity index (χ0) is 41.1. The van der Waals surface area contributed by atoms with Gasteiger partial charge in [-0.2, -0.15) is 0 Å². The Balaban J connectivity index is 1.87. The molecule has 0 aromatic heterocycles. The number of rotatable bonds is 11. The number of hydrogen-bond donors (Lipinski definition) is 12. The minimum atomic E-state index is -1.88. The number of alkyl carbamates (subject to hydrolysis) is 1. The first-order valence-electron chi connectivity index (χ1n) is 17.6. The molecule has 14 N–H and O–H groups in total. The van der Waals surface area contributed by atoms with Crippen molar-refractivity contribution in [3.63, 3.8) is 0 Å². The fraction of sp³-hybridized carbons (Fsp3) is 0.906. The molecule has 0 aromatic carbocycles. The molecule has 2 saturated heterocycles. The van der Waals surface area contributed by atoms with E-state index in [1.54, 1.807) is 41.5 Å². The number of aliphatic hydroxyl groups is 7. The molecule has 2 heterocycles. The highest BCUT2D eigenvalue weighted by Crippen LogP contribution is 2.34. The standard InChI is InChI=1S/C32H60N6O16/c1-30(2,3)53-28(46)35-11-16-17(40)18(41)19(42)27(50-16)51-22-13(34)9-14(36-37-25(45)15(39)10-33)23(20(22)43)52-26-21(44)24(32(7,48)12-49-26)38(8)29(47)54-31(4,5)6/h13-24,26-27,36,39-44,48H,9-12,33-34H2,1-8H3,(H,35,46)(H,37,45)/t13-,14+,15-,16+,17+,18-,19+,20-,21+,22+,23-,24+,26+,27+,32-/m0/s1. The Bertz CT molecular complexity index is 1270. The topological polar surface area (TPSA) is 340 Å². The summed E-state index contributed by atoms with van der Waals surface area (Å²) in [5, 5.41) is 78.7. The number of nitrogens with zero attached hydrogens (tertiary/aromatic N) is 1. The maximum atomic E-state index is 13.0. The lowest BCUT2D eigenvalue weighted by Crippen LogP contribution is -2.71. The zero-order valence-corrected chi connectivity index (χ0v) is 31.8. The molecule has 3 fully saturated rings. The van der Waals surface area contributed by atoms with E-state index in [2.05, 4.69) is 16.2 Å². The smallest absolute Gasteiger partial charge is 0.410 e. The first-order valence-corrected chi connectivity index (χ1v) is 17.6. The molecule has 314 valence electrons. The first kappa shape index (κ1) is 45.8. The summed E-state index contributed by atoms with van der Waals surface area (Å²) in [6, 6.07) is -3.58. The van der Waals surface area contributed by atoms with E-state index in [4.69, 9.17) is 39.9 Å². The molecule has 0 spiro atoms. The first-order chi connectivity index (χ1) is 24.8. The molecule has 3 amide bonds. The Morgan fingerprint density at radius 2 is 1.50 bits per heavy atom. The minimum absolute atomic E-state index is 0.162. The highest BCUT2D eigenvalue weighted by molar-refractivity contribution is 5.80. The van der Waals surface area contributed by atoms with Crippen molar-refractivity contribution < 1.29 is 78.6 Å². The lowest BCUT2D eigenvalue weighted by atomic mass is 9.83. The summed E-state index contributed by atoms with van der Waals surface area (Å²) >= 11 is 0.